The van der Waals surface area contributed by atoms with Crippen molar-refractivity contribution in [2.45, 2.75) is 80.1 Å². The highest BCUT2D eigenvalue weighted by Crippen LogP contribution is 2.53. The normalized spacial score (nSPS) is 15.7. The summed E-state index contributed by atoms with van der Waals surface area (Å²) in [6.07, 6.45) is 12.9. The summed E-state index contributed by atoms with van der Waals surface area (Å²) in [5.74, 6) is 4.29. The SMILES string of the molecule is CCC(C)COc1cc2c(cc1OCC(C)CC)-c1cc(OCC(C)CC)c3cc1-c1cc(/C=C/c4ccc(Br)cc4)ccc1-c1ccc(cc1-2)/C=C/c1ccc(Br)cc1C(CC)CO3. The lowest BCUT2D eigenvalue weighted by molar-refractivity contribution is 0.218. The fourth-order valence-electron chi connectivity index (χ4n) is 8.38. The van der Waals surface area contributed by atoms with Gasteiger partial charge >= 0.3 is 0 Å². The third-order valence-electron chi connectivity index (χ3n) is 13.3. The van der Waals surface area contributed by atoms with Crippen molar-refractivity contribution in [3.05, 3.63) is 140 Å². The quantitative estimate of drug-likeness (QED) is 0.0959. The van der Waals surface area contributed by atoms with Gasteiger partial charge in [0.25, 0.3) is 0 Å². The van der Waals surface area contributed by atoms with Crippen LogP contribution < -0.4 is 18.9 Å². The van der Waals surface area contributed by atoms with Crippen LogP contribution in [0.3, 0.4) is 0 Å². The van der Waals surface area contributed by atoms with Crippen molar-refractivity contribution >= 4 is 56.2 Å². The summed E-state index contributed by atoms with van der Waals surface area (Å²) in [5, 5.41) is 0. The molecule has 0 fully saturated rings. The van der Waals surface area contributed by atoms with Crippen LogP contribution in [0.1, 0.15) is 108 Å². The largest absolute Gasteiger partial charge is 0.489 e. The Morgan fingerprint density at radius 1 is 0.523 bits per heavy atom. The lowest BCUT2D eigenvalue weighted by atomic mass is 9.79. The number of benzene rings is 6. The van der Waals surface area contributed by atoms with Gasteiger partial charge in [0.15, 0.2) is 23.0 Å². The molecule has 6 aromatic rings. The Hall–Kier alpha value is -5.04. The number of fused-ring (bicyclic) bond motifs is 2. The van der Waals surface area contributed by atoms with Crippen LogP contribution in [0.4, 0.5) is 0 Å². The van der Waals surface area contributed by atoms with E-state index in [-0.39, 0.29) is 5.92 Å². The van der Waals surface area contributed by atoms with Crippen LogP contribution in [0, 0.1) is 17.8 Å². The number of rotatable bonds is 15. The van der Waals surface area contributed by atoms with Gasteiger partial charge in [-0.05, 0) is 157 Å². The van der Waals surface area contributed by atoms with Crippen LogP contribution in [-0.4, -0.2) is 26.4 Å². The summed E-state index contributed by atoms with van der Waals surface area (Å²) in [4.78, 5) is 0. The minimum absolute atomic E-state index is 0.138. The fourth-order valence-corrected chi connectivity index (χ4v) is 9.02. The highest BCUT2D eigenvalue weighted by molar-refractivity contribution is 9.10. The third-order valence-corrected chi connectivity index (χ3v) is 14.3. The number of hydrogen-bond donors (Lipinski definition) is 0. The van der Waals surface area contributed by atoms with Gasteiger partial charge in [-0.25, -0.2) is 0 Å². The van der Waals surface area contributed by atoms with Crippen LogP contribution >= 0.6 is 31.9 Å². The molecule has 0 amide bonds. The van der Waals surface area contributed by atoms with E-state index in [9.17, 15) is 0 Å². The molecule has 0 radical (unpaired) electrons. The zero-order valence-corrected chi connectivity index (χ0v) is 42.2. The molecule has 4 unspecified atom stereocenters. The molecule has 336 valence electrons. The first-order valence-electron chi connectivity index (χ1n) is 23.6. The standard InChI is InChI=1S/C59H62Br2O4/c1-8-37(5)33-62-56-29-52-51-27-42-14-19-44-20-23-46(61)28-49(44)43(11-4)36-65-59-30-53(55(32-58(59)64-35-39(7)10-3)54(52)31-57(56)63-34-38(6)9-2)50-26-41(17-24-47(50)48(51)25-18-42)13-12-40-15-21-45(60)22-16-40/h12-32,37-39,43H,8-11,33-36H2,1-7H3/b13-12+,19-14+,48-47?,52-51?,53-50?,55-54?. The lowest BCUT2D eigenvalue weighted by Crippen LogP contribution is -2.13. The van der Waals surface area contributed by atoms with Crippen LogP contribution in [0.25, 0.3) is 68.8 Å². The van der Waals surface area contributed by atoms with Crippen molar-refractivity contribution in [3.8, 4) is 67.5 Å². The van der Waals surface area contributed by atoms with Gasteiger partial charge in [0.2, 0.25) is 0 Å². The zero-order chi connectivity index (χ0) is 45.6. The van der Waals surface area contributed by atoms with E-state index >= 15 is 0 Å². The van der Waals surface area contributed by atoms with E-state index in [4.69, 9.17) is 18.9 Å². The van der Waals surface area contributed by atoms with Crippen LogP contribution in [0.5, 0.6) is 23.0 Å². The maximum absolute atomic E-state index is 7.09. The molecule has 0 aromatic heterocycles. The fraction of sp³-hybridized carbons (Fsp3) is 0.322. The van der Waals surface area contributed by atoms with Gasteiger partial charge in [0, 0.05) is 14.9 Å². The molecular weight excluding hydrogens is 932 g/mol. The van der Waals surface area contributed by atoms with Gasteiger partial charge < -0.3 is 18.9 Å². The molecule has 1 aliphatic carbocycles. The average molecular weight is 995 g/mol. The van der Waals surface area contributed by atoms with Crippen molar-refractivity contribution in [2.75, 3.05) is 26.4 Å². The Labute approximate surface area is 404 Å². The van der Waals surface area contributed by atoms with Crippen LogP contribution in [0.15, 0.2) is 112 Å². The predicted molar refractivity (Wildman–Crippen MR) is 281 cm³/mol. The molecule has 0 N–H and O–H groups in total. The average Bonchev–Trinajstić information content (AvgIpc) is 3.33. The molecule has 10 rings (SSSR count). The minimum atomic E-state index is 0.138. The first-order valence-corrected chi connectivity index (χ1v) is 25.2. The number of halogens is 2. The first kappa shape index (κ1) is 46.5. The Morgan fingerprint density at radius 2 is 1.03 bits per heavy atom. The molecule has 65 heavy (non-hydrogen) atoms. The molecule has 3 heterocycles. The summed E-state index contributed by atoms with van der Waals surface area (Å²) in [5.41, 5.74) is 14.6. The molecular formula is C59H62Br2O4. The van der Waals surface area contributed by atoms with Crippen molar-refractivity contribution < 1.29 is 18.9 Å². The third kappa shape index (κ3) is 10.7. The highest BCUT2D eigenvalue weighted by Gasteiger charge is 2.28. The molecule has 4 aliphatic rings. The minimum Gasteiger partial charge on any atom is -0.489 e. The highest BCUT2D eigenvalue weighted by atomic mass is 79.9. The van der Waals surface area contributed by atoms with Gasteiger partial charge in [-0.15, -0.1) is 0 Å². The molecule has 6 bridgehead atoms. The van der Waals surface area contributed by atoms with E-state index in [1.54, 1.807) is 0 Å². The molecule has 0 saturated heterocycles. The summed E-state index contributed by atoms with van der Waals surface area (Å²) in [6.45, 7) is 17.9. The van der Waals surface area contributed by atoms with Crippen molar-refractivity contribution in [2.24, 2.45) is 17.8 Å². The molecule has 6 aromatic carbocycles. The van der Waals surface area contributed by atoms with Crippen LogP contribution in [0.2, 0.25) is 0 Å². The van der Waals surface area contributed by atoms with E-state index in [0.717, 1.165) is 119 Å². The van der Waals surface area contributed by atoms with Crippen molar-refractivity contribution in [1.82, 2.24) is 0 Å². The van der Waals surface area contributed by atoms with E-state index in [0.29, 0.717) is 44.2 Å². The van der Waals surface area contributed by atoms with E-state index in [1.165, 1.54) is 11.1 Å². The molecule has 4 atom stereocenters. The second-order valence-corrected chi connectivity index (χ2v) is 20.0. The van der Waals surface area contributed by atoms with Gasteiger partial charge in [-0.3, -0.25) is 0 Å². The predicted octanol–water partition coefficient (Wildman–Crippen LogP) is 17.7. The molecule has 4 nitrogen and oxygen atoms in total. The van der Waals surface area contributed by atoms with E-state index in [1.807, 2.05) is 0 Å². The topological polar surface area (TPSA) is 36.9 Å². The smallest absolute Gasteiger partial charge is 0.161 e. The Kier molecular flexibility index (Phi) is 15.1. The summed E-state index contributed by atoms with van der Waals surface area (Å²) in [6, 6.07) is 37.8. The number of ether oxygens (including phenoxy) is 4. The van der Waals surface area contributed by atoms with Crippen molar-refractivity contribution in [3.63, 3.8) is 0 Å². The lowest BCUT2D eigenvalue weighted by Gasteiger charge is -2.28. The van der Waals surface area contributed by atoms with Gasteiger partial charge in [0.05, 0.1) is 26.4 Å². The summed E-state index contributed by atoms with van der Waals surface area (Å²) in [7, 11) is 0. The first-order chi connectivity index (χ1) is 31.5. The summed E-state index contributed by atoms with van der Waals surface area (Å²) >= 11 is 7.39. The molecule has 0 spiro atoms. The van der Waals surface area contributed by atoms with E-state index < -0.39 is 0 Å². The Balaban J connectivity index is 1.45. The summed E-state index contributed by atoms with van der Waals surface area (Å²) < 4.78 is 29.7. The Bertz CT molecular complexity index is 2700. The number of hydrogen-bond acceptors (Lipinski definition) is 4. The second-order valence-electron chi connectivity index (χ2n) is 18.2. The molecule has 6 heteroatoms. The van der Waals surface area contributed by atoms with Crippen LogP contribution in [-0.2, 0) is 0 Å². The van der Waals surface area contributed by atoms with Crippen molar-refractivity contribution in [1.29, 1.82) is 0 Å². The maximum Gasteiger partial charge on any atom is 0.161 e. The molecule has 0 saturated carbocycles. The Morgan fingerprint density at radius 3 is 1.65 bits per heavy atom. The monoisotopic (exact) mass is 992 g/mol. The van der Waals surface area contributed by atoms with Gasteiger partial charge in [-0.1, -0.05) is 166 Å². The maximum atomic E-state index is 7.09. The molecule has 3 aliphatic heterocycles. The van der Waals surface area contributed by atoms with Gasteiger partial charge in [-0.2, -0.15) is 0 Å². The van der Waals surface area contributed by atoms with E-state index in [2.05, 4.69) is 208 Å². The second kappa shape index (κ2) is 21.1. The van der Waals surface area contributed by atoms with Gasteiger partial charge in [0.1, 0.15) is 0 Å². The zero-order valence-electron chi connectivity index (χ0n) is 39.0.